The van der Waals surface area contributed by atoms with E-state index < -0.39 is 5.54 Å². The molecule has 0 aromatic heterocycles. The lowest BCUT2D eigenvalue weighted by molar-refractivity contribution is -0.128. The Morgan fingerprint density at radius 3 is 2.33 bits per heavy atom. The van der Waals surface area contributed by atoms with Crippen LogP contribution in [0, 0.1) is 0 Å². The fourth-order valence-corrected chi connectivity index (χ4v) is 1.76. The van der Waals surface area contributed by atoms with E-state index in [1.807, 2.05) is 13.8 Å². The number of carbonyl (C=O) groups excluding carboxylic acids is 1. The quantitative estimate of drug-likeness (QED) is 0.679. The number of carbonyl (C=O) groups is 1. The third-order valence-electron chi connectivity index (χ3n) is 3.02. The van der Waals surface area contributed by atoms with Crippen molar-refractivity contribution < 1.29 is 4.79 Å². The van der Waals surface area contributed by atoms with E-state index in [9.17, 15) is 4.79 Å². The fourth-order valence-electron chi connectivity index (χ4n) is 1.76. The molecular formula is C9H18N2O. The molecule has 0 unspecified atom stereocenters. The lowest BCUT2D eigenvalue weighted by Crippen LogP contribution is -2.53. The van der Waals surface area contributed by atoms with Crippen molar-refractivity contribution in [2.75, 3.05) is 13.1 Å². The van der Waals surface area contributed by atoms with Gasteiger partial charge < -0.3 is 5.73 Å². The summed E-state index contributed by atoms with van der Waals surface area (Å²) in [5, 5.41) is 0. The number of nitrogens with zero attached hydrogens (tertiary/aromatic N) is 1. The molecule has 2 N–H and O–H groups in total. The van der Waals surface area contributed by atoms with Crippen molar-refractivity contribution in [2.45, 2.75) is 38.6 Å². The molecule has 1 amide bonds. The van der Waals surface area contributed by atoms with Crippen LogP contribution < -0.4 is 5.73 Å². The van der Waals surface area contributed by atoms with Crippen molar-refractivity contribution in [3.05, 3.63) is 0 Å². The minimum atomic E-state index is -0.406. The number of likely N-dealkylation sites (tertiary alicyclic amines) is 1. The van der Waals surface area contributed by atoms with E-state index in [1.165, 1.54) is 12.8 Å². The topological polar surface area (TPSA) is 46.3 Å². The summed E-state index contributed by atoms with van der Waals surface area (Å²) in [4.78, 5) is 13.4. The highest BCUT2D eigenvalue weighted by molar-refractivity contribution is 5.84. The third kappa shape index (κ3) is 1.46. The first kappa shape index (κ1) is 9.52. The van der Waals surface area contributed by atoms with Crippen LogP contribution in [0.5, 0.6) is 0 Å². The molecule has 0 aromatic rings. The first-order chi connectivity index (χ1) is 5.61. The Hall–Kier alpha value is -0.570. The van der Waals surface area contributed by atoms with Gasteiger partial charge in [-0.3, -0.25) is 9.69 Å². The van der Waals surface area contributed by atoms with E-state index in [4.69, 9.17) is 5.73 Å². The second-order valence-electron chi connectivity index (χ2n) is 3.69. The molecule has 1 fully saturated rings. The monoisotopic (exact) mass is 170 g/mol. The summed E-state index contributed by atoms with van der Waals surface area (Å²) in [5.74, 6) is -0.188. The van der Waals surface area contributed by atoms with E-state index >= 15 is 0 Å². The second kappa shape index (κ2) is 3.44. The molecule has 1 heterocycles. The minimum absolute atomic E-state index is 0.188. The van der Waals surface area contributed by atoms with E-state index in [2.05, 4.69) is 4.90 Å². The van der Waals surface area contributed by atoms with Gasteiger partial charge in [0.15, 0.2) is 0 Å². The van der Waals surface area contributed by atoms with Gasteiger partial charge in [-0.2, -0.15) is 0 Å². The van der Waals surface area contributed by atoms with Crippen molar-refractivity contribution in [3.8, 4) is 0 Å². The summed E-state index contributed by atoms with van der Waals surface area (Å²) in [6.07, 6.45) is 3.20. The van der Waals surface area contributed by atoms with Gasteiger partial charge in [0.05, 0.1) is 5.54 Å². The molecule has 1 saturated heterocycles. The van der Waals surface area contributed by atoms with Gasteiger partial charge in [0.1, 0.15) is 0 Å². The SMILES string of the molecule is CC[C@@](C)(C(N)=O)N1CCCC1. The van der Waals surface area contributed by atoms with Gasteiger partial charge in [0, 0.05) is 0 Å². The average molecular weight is 170 g/mol. The first-order valence-electron chi connectivity index (χ1n) is 4.66. The highest BCUT2D eigenvalue weighted by atomic mass is 16.1. The number of hydrogen-bond donors (Lipinski definition) is 1. The Balaban J connectivity index is 2.70. The van der Waals surface area contributed by atoms with Crippen molar-refractivity contribution in [1.82, 2.24) is 4.90 Å². The summed E-state index contributed by atoms with van der Waals surface area (Å²) >= 11 is 0. The summed E-state index contributed by atoms with van der Waals surface area (Å²) in [7, 11) is 0. The molecule has 0 radical (unpaired) electrons. The summed E-state index contributed by atoms with van der Waals surface area (Å²) < 4.78 is 0. The van der Waals surface area contributed by atoms with E-state index in [-0.39, 0.29) is 5.91 Å². The Morgan fingerprint density at radius 2 is 2.00 bits per heavy atom. The molecule has 1 rings (SSSR count). The fraction of sp³-hybridized carbons (Fsp3) is 0.889. The maximum absolute atomic E-state index is 11.2. The van der Waals surface area contributed by atoms with Crippen LogP contribution in [0.4, 0.5) is 0 Å². The molecule has 0 saturated carbocycles. The van der Waals surface area contributed by atoms with Gasteiger partial charge in [0.25, 0.3) is 0 Å². The van der Waals surface area contributed by atoms with Crippen LogP contribution in [0.25, 0.3) is 0 Å². The van der Waals surface area contributed by atoms with Gasteiger partial charge in [0.2, 0.25) is 5.91 Å². The Kier molecular flexibility index (Phi) is 2.73. The summed E-state index contributed by atoms with van der Waals surface area (Å²) in [6.45, 7) is 6.00. The maximum Gasteiger partial charge on any atom is 0.237 e. The average Bonchev–Trinajstić information content (AvgIpc) is 2.54. The smallest absolute Gasteiger partial charge is 0.237 e. The van der Waals surface area contributed by atoms with Crippen LogP contribution in [0.2, 0.25) is 0 Å². The van der Waals surface area contributed by atoms with Crippen LogP contribution >= 0.6 is 0 Å². The molecule has 1 atom stereocenters. The molecule has 0 aliphatic carbocycles. The number of nitrogens with two attached hydrogens (primary N) is 1. The molecule has 70 valence electrons. The standard InChI is InChI=1S/C9H18N2O/c1-3-9(2,8(10)12)11-6-4-5-7-11/h3-7H2,1-2H3,(H2,10,12)/t9-/m0/s1. The minimum Gasteiger partial charge on any atom is -0.368 e. The van der Waals surface area contributed by atoms with Crippen LogP contribution in [0.3, 0.4) is 0 Å². The molecule has 0 bridgehead atoms. The van der Waals surface area contributed by atoms with Crippen LogP contribution in [0.15, 0.2) is 0 Å². The van der Waals surface area contributed by atoms with Crippen LogP contribution in [-0.2, 0) is 4.79 Å². The van der Waals surface area contributed by atoms with E-state index in [0.29, 0.717) is 0 Å². The molecule has 0 aromatic carbocycles. The van der Waals surface area contributed by atoms with Crippen molar-refractivity contribution >= 4 is 5.91 Å². The van der Waals surface area contributed by atoms with E-state index in [0.717, 1.165) is 19.5 Å². The first-order valence-corrected chi connectivity index (χ1v) is 4.66. The predicted octanol–water partition coefficient (Wildman–Crippen LogP) is 0.736. The summed E-state index contributed by atoms with van der Waals surface area (Å²) in [5.41, 5.74) is 4.97. The van der Waals surface area contributed by atoms with Gasteiger partial charge in [-0.25, -0.2) is 0 Å². The zero-order valence-electron chi connectivity index (χ0n) is 7.97. The lowest BCUT2D eigenvalue weighted by Gasteiger charge is -2.34. The van der Waals surface area contributed by atoms with Crippen molar-refractivity contribution in [3.63, 3.8) is 0 Å². The molecule has 3 heteroatoms. The molecule has 1 aliphatic heterocycles. The zero-order valence-corrected chi connectivity index (χ0v) is 7.97. The molecule has 12 heavy (non-hydrogen) atoms. The Labute approximate surface area is 73.9 Å². The zero-order chi connectivity index (χ0) is 9.19. The highest BCUT2D eigenvalue weighted by Crippen LogP contribution is 2.23. The highest BCUT2D eigenvalue weighted by Gasteiger charge is 2.36. The van der Waals surface area contributed by atoms with Crippen LogP contribution in [0.1, 0.15) is 33.1 Å². The maximum atomic E-state index is 11.2. The van der Waals surface area contributed by atoms with Gasteiger partial charge in [-0.05, 0) is 39.3 Å². The predicted molar refractivity (Wildman–Crippen MR) is 48.7 cm³/mol. The van der Waals surface area contributed by atoms with E-state index in [1.54, 1.807) is 0 Å². The molecule has 0 spiro atoms. The Morgan fingerprint density at radius 1 is 1.50 bits per heavy atom. The van der Waals surface area contributed by atoms with Crippen molar-refractivity contribution in [1.29, 1.82) is 0 Å². The number of rotatable bonds is 3. The number of primary amides is 1. The number of amides is 1. The lowest BCUT2D eigenvalue weighted by atomic mass is 9.96. The normalized spacial score (nSPS) is 23.8. The molecule has 3 nitrogen and oxygen atoms in total. The van der Waals surface area contributed by atoms with Gasteiger partial charge in [-0.1, -0.05) is 6.92 Å². The van der Waals surface area contributed by atoms with Gasteiger partial charge >= 0.3 is 0 Å². The van der Waals surface area contributed by atoms with Crippen LogP contribution in [-0.4, -0.2) is 29.4 Å². The van der Waals surface area contributed by atoms with Gasteiger partial charge in [-0.15, -0.1) is 0 Å². The number of hydrogen-bond acceptors (Lipinski definition) is 2. The molecule has 1 aliphatic rings. The second-order valence-corrected chi connectivity index (χ2v) is 3.69. The van der Waals surface area contributed by atoms with Crippen molar-refractivity contribution in [2.24, 2.45) is 5.73 Å². The molecular weight excluding hydrogens is 152 g/mol. The Bertz CT molecular complexity index is 175. The summed E-state index contributed by atoms with van der Waals surface area (Å²) in [6, 6.07) is 0. The largest absolute Gasteiger partial charge is 0.368 e. The third-order valence-corrected chi connectivity index (χ3v) is 3.02.